The quantitative estimate of drug-likeness (QED) is 0.566. The first-order valence-electron chi connectivity index (χ1n) is 9.94. The molecule has 0 radical (unpaired) electrons. The minimum atomic E-state index is -3.95. The van der Waals surface area contributed by atoms with Gasteiger partial charge in [0.25, 0.3) is 5.91 Å². The molecule has 0 saturated carbocycles. The van der Waals surface area contributed by atoms with Crippen molar-refractivity contribution in [1.29, 1.82) is 0 Å². The van der Waals surface area contributed by atoms with Crippen molar-refractivity contribution in [1.82, 2.24) is 5.32 Å². The average molecular weight is 476 g/mol. The number of furan rings is 1. The molecule has 32 heavy (non-hydrogen) atoms. The van der Waals surface area contributed by atoms with Gasteiger partial charge in [0.1, 0.15) is 11.5 Å². The largest absolute Gasteiger partial charge is 0.459 e. The van der Waals surface area contributed by atoms with Gasteiger partial charge in [-0.05, 0) is 54.6 Å². The van der Waals surface area contributed by atoms with E-state index in [4.69, 9.17) is 25.9 Å². The molecule has 0 bridgehead atoms. The van der Waals surface area contributed by atoms with E-state index in [9.17, 15) is 13.2 Å². The third kappa shape index (κ3) is 5.13. The predicted molar refractivity (Wildman–Crippen MR) is 121 cm³/mol. The van der Waals surface area contributed by atoms with E-state index in [1.54, 1.807) is 24.3 Å². The fourth-order valence-corrected chi connectivity index (χ4v) is 4.12. The van der Waals surface area contributed by atoms with Crippen molar-refractivity contribution >= 4 is 33.2 Å². The molecular formula is C22H22ClN3O5S. The standard InChI is InChI=1S/C22H22ClN3O5S/c23-16-3-1-15(2-4-16)21-8-5-17(31-21)14-25-22(27)19-13-18(32(24,28)29)6-7-20(19)26-9-11-30-12-10-26/h1-8,13H,9-12,14H2,(H,25,27)(H2,24,28,29). The van der Waals surface area contributed by atoms with Crippen LogP contribution in [0.4, 0.5) is 5.69 Å². The summed E-state index contributed by atoms with van der Waals surface area (Å²) < 4.78 is 34.8. The summed E-state index contributed by atoms with van der Waals surface area (Å²) in [5.74, 6) is 0.774. The number of primary sulfonamides is 1. The lowest BCUT2D eigenvalue weighted by Gasteiger charge is -2.30. The van der Waals surface area contributed by atoms with E-state index in [0.717, 1.165) is 5.56 Å². The van der Waals surface area contributed by atoms with Gasteiger partial charge >= 0.3 is 0 Å². The zero-order valence-electron chi connectivity index (χ0n) is 17.1. The molecule has 1 aliphatic rings. The molecular weight excluding hydrogens is 454 g/mol. The SMILES string of the molecule is NS(=O)(=O)c1ccc(N2CCOCC2)c(C(=O)NCc2ccc(-c3ccc(Cl)cc3)o2)c1. The van der Waals surface area contributed by atoms with Gasteiger partial charge in [0, 0.05) is 29.4 Å². The van der Waals surface area contributed by atoms with Gasteiger partial charge in [-0.15, -0.1) is 0 Å². The maximum Gasteiger partial charge on any atom is 0.253 e. The number of benzene rings is 2. The van der Waals surface area contributed by atoms with Crippen molar-refractivity contribution in [2.45, 2.75) is 11.4 Å². The Kier molecular flexibility index (Phi) is 6.52. The number of nitrogens with two attached hydrogens (primary N) is 1. The van der Waals surface area contributed by atoms with Gasteiger partial charge in [0.15, 0.2) is 0 Å². The lowest BCUT2D eigenvalue weighted by atomic mass is 10.1. The molecule has 10 heteroatoms. The van der Waals surface area contributed by atoms with Crippen LogP contribution in [0.15, 0.2) is 63.9 Å². The molecule has 168 valence electrons. The monoisotopic (exact) mass is 475 g/mol. The van der Waals surface area contributed by atoms with E-state index in [2.05, 4.69) is 5.32 Å². The first kappa shape index (κ1) is 22.3. The summed E-state index contributed by atoms with van der Waals surface area (Å²) in [4.78, 5) is 14.9. The normalized spacial score (nSPS) is 14.4. The van der Waals surface area contributed by atoms with Crippen LogP contribution in [0.1, 0.15) is 16.1 Å². The Morgan fingerprint density at radius 2 is 1.78 bits per heavy atom. The molecule has 3 aromatic rings. The molecule has 0 aliphatic carbocycles. The number of hydrogen-bond acceptors (Lipinski definition) is 6. The summed E-state index contributed by atoms with van der Waals surface area (Å²) in [6, 6.07) is 15.1. The number of nitrogens with one attached hydrogen (secondary N) is 1. The topological polar surface area (TPSA) is 115 Å². The zero-order valence-corrected chi connectivity index (χ0v) is 18.7. The Bertz CT molecular complexity index is 1220. The Labute approximate surface area is 191 Å². The average Bonchev–Trinajstić information content (AvgIpc) is 3.26. The third-order valence-corrected chi connectivity index (χ3v) is 6.27. The fraction of sp³-hybridized carbons (Fsp3) is 0.227. The van der Waals surface area contributed by atoms with Gasteiger partial charge in [-0.1, -0.05) is 11.6 Å². The van der Waals surface area contributed by atoms with Crippen LogP contribution >= 0.6 is 11.6 Å². The Hall–Kier alpha value is -2.85. The number of halogens is 1. The maximum absolute atomic E-state index is 13.0. The van der Waals surface area contributed by atoms with Crippen LogP contribution in [-0.4, -0.2) is 40.6 Å². The highest BCUT2D eigenvalue weighted by atomic mass is 35.5. The number of hydrogen-bond donors (Lipinski definition) is 2. The molecule has 0 unspecified atom stereocenters. The van der Waals surface area contributed by atoms with Crippen LogP contribution in [0, 0.1) is 0 Å². The van der Waals surface area contributed by atoms with Crippen molar-refractivity contribution in [3.05, 3.63) is 70.9 Å². The summed E-state index contributed by atoms with van der Waals surface area (Å²) in [5.41, 5.74) is 1.71. The molecule has 1 amide bonds. The zero-order chi connectivity index (χ0) is 22.7. The Morgan fingerprint density at radius 3 is 2.47 bits per heavy atom. The lowest BCUT2D eigenvalue weighted by Crippen LogP contribution is -2.38. The molecule has 3 N–H and O–H groups in total. The fourth-order valence-electron chi connectivity index (χ4n) is 3.46. The molecule has 1 aromatic heterocycles. The van der Waals surface area contributed by atoms with Crippen LogP contribution in [0.5, 0.6) is 0 Å². The van der Waals surface area contributed by atoms with Gasteiger partial charge in [0.2, 0.25) is 10.0 Å². The van der Waals surface area contributed by atoms with Crippen molar-refractivity contribution in [3.63, 3.8) is 0 Å². The summed E-state index contributed by atoms with van der Waals surface area (Å²) >= 11 is 5.92. The van der Waals surface area contributed by atoms with Crippen molar-refractivity contribution < 1.29 is 22.4 Å². The Balaban J connectivity index is 1.54. The summed E-state index contributed by atoms with van der Waals surface area (Å²) in [5, 5.41) is 8.70. The highest BCUT2D eigenvalue weighted by molar-refractivity contribution is 7.89. The molecule has 2 aromatic carbocycles. The lowest BCUT2D eigenvalue weighted by molar-refractivity contribution is 0.0946. The van der Waals surface area contributed by atoms with Gasteiger partial charge in [0.05, 0.1) is 30.2 Å². The second kappa shape index (κ2) is 9.33. The number of morpholine rings is 1. The van der Waals surface area contributed by atoms with E-state index in [1.807, 2.05) is 23.1 Å². The Morgan fingerprint density at radius 1 is 1.06 bits per heavy atom. The number of amides is 1. The second-order valence-electron chi connectivity index (χ2n) is 7.28. The summed E-state index contributed by atoms with van der Waals surface area (Å²) in [6.45, 7) is 2.37. The first-order valence-corrected chi connectivity index (χ1v) is 11.9. The van der Waals surface area contributed by atoms with Gasteiger partial charge in [-0.25, -0.2) is 13.6 Å². The van der Waals surface area contributed by atoms with E-state index in [1.165, 1.54) is 12.1 Å². The first-order chi connectivity index (χ1) is 15.3. The molecule has 1 fully saturated rings. The minimum absolute atomic E-state index is 0.123. The summed E-state index contributed by atoms with van der Waals surface area (Å²) in [7, 11) is -3.95. The molecule has 2 heterocycles. The van der Waals surface area contributed by atoms with Gasteiger partial charge in [-0.3, -0.25) is 4.79 Å². The van der Waals surface area contributed by atoms with E-state index < -0.39 is 15.9 Å². The van der Waals surface area contributed by atoms with Crippen LogP contribution in [0.3, 0.4) is 0 Å². The van der Waals surface area contributed by atoms with Crippen LogP contribution in [-0.2, 0) is 21.3 Å². The van der Waals surface area contributed by atoms with Crippen molar-refractivity contribution in [2.75, 3.05) is 31.2 Å². The highest BCUT2D eigenvalue weighted by Crippen LogP contribution is 2.26. The number of nitrogens with zero attached hydrogens (tertiary/aromatic N) is 1. The van der Waals surface area contributed by atoms with Gasteiger partial charge < -0.3 is 19.4 Å². The second-order valence-corrected chi connectivity index (χ2v) is 9.28. The third-order valence-electron chi connectivity index (χ3n) is 5.11. The highest BCUT2D eigenvalue weighted by Gasteiger charge is 2.22. The minimum Gasteiger partial charge on any atom is -0.459 e. The van der Waals surface area contributed by atoms with E-state index in [0.29, 0.717) is 48.5 Å². The molecule has 1 saturated heterocycles. The smallest absolute Gasteiger partial charge is 0.253 e. The molecule has 4 rings (SSSR count). The summed E-state index contributed by atoms with van der Waals surface area (Å²) in [6.07, 6.45) is 0. The van der Waals surface area contributed by atoms with Crippen LogP contribution < -0.4 is 15.4 Å². The molecule has 8 nitrogen and oxygen atoms in total. The number of anilines is 1. The van der Waals surface area contributed by atoms with Crippen LogP contribution in [0.25, 0.3) is 11.3 Å². The number of rotatable bonds is 6. The number of sulfonamides is 1. The van der Waals surface area contributed by atoms with E-state index >= 15 is 0 Å². The predicted octanol–water partition coefficient (Wildman–Crippen LogP) is 3.01. The number of carbonyl (C=O) groups is 1. The number of carbonyl (C=O) groups excluding carboxylic acids is 1. The van der Waals surface area contributed by atoms with Crippen molar-refractivity contribution in [3.8, 4) is 11.3 Å². The molecule has 1 aliphatic heterocycles. The van der Waals surface area contributed by atoms with Crippen LogP contribution in [0.2, 0.25) is 5.02 Å². The molecule has 0 spiro atoms. The van der Waals surface area contributed by atoms with Gasteiger partial charge in [-0.2, -0.15) is 0 Å². The maximum atomic E-state index is 13.0. The number of ether oxygens (including phenoxy) is 1. The van der Waals surface area contributed by atoms with E-state index in [-0.39, 0.29) is 17.0 Å². The van der Waals surface area contributed by atoms with Crippen molar-refractivity contribution in [2.24, 2.45) is 5.14 Å². The molecule has 0 atom stereocenters.